The van der Waals surface area contributed by atoms with Gasteiger partial charge in [0.25, 0.3) is 0 Å². The Balaban J connectivity index is 1.67. The second-order valence-corrected chi connectivity index (χ2v) is 7.83. The molecule has 0 amide bonds. The first-order valence-corrected chi connectivity index (χ1v) is 9.72. The van der Waals surface area contributed by atoms with Gasteiger partial charge in [0.05, 0.1) is 37.4 Å². The van der Waals surface area contributed by atoms with E-state index in [9.17, 15) is 8.42 Å². The van der Waals surface area contributed by atoms with E-state index in [2.05, 4.69) is 22.2 Å². The van der Waals surface area contributed by atoms with Crippen LogP contribution in [-0.4, -0.2) is 64.8 Å². The molecule has 1 fully saturated rings. The van der Waals surface area contributed by atoms with E-state index in [0.717, 1.165) is 12.1 Å². The van der Waals surface area contributed by atoms with Gasteiger partial charge in [-0.3, -0.25) is 4.98 Å². The number of ether oxygens (including phenoxy) is 1. The Hall–Kier alpha value is -1.84. The number of pyridine rings is 1. The summed E-state index contributed by atoms with van der Waals surface area (Å²) in [7, 11) is -3.20. The summed E-state index contributed by atoms with van der Waals surface area (Å²) in [6.45, 7) is 3.64. The quantitative estimate of drug-likeness (QED) is 0.782. The summed E-state index contributed by atoms with van der Waals surface area (Å²) in [6, 6.07) is 3.95. The molecular weight excluding hydrogens is 330 g/mol. The normalized spacial score (nSPS) is 19.5. The third-order valence-corrected chi connectivity index (χ3v) is 5.26. The fourth-order valence-electron chi connectivity index (χ4n) is 2.60. The minimum atomic E-state index is -3.20. The van der Waals surface area contributed by atoms with E-state index in [-0.39, 0.29) is 6.10 Å². The van der Waals surface area contributed by atoms with Crippen LogP contribution in [0.3, 0.4) is 0 Å². The molecule has 1 atom stereocenters. The van der Waals surface area contributed by atoms with Crippen molar-refractivity contribution in [1.29, 1.82) is 0 Å². The number of aryl methyl sites for hydroxylation is 1. The predicted molar refractivity (Wildman–Crippen MR) is 88.8 cm³/mol. The Morgan fingerprint density at radius 1 is 1.33 bits per heavy atom. The molecule has 24 heavy (non-hydrogen) atoms. The molecule has 9 heteroatoms. The maximum Gasteiger partial charge on any atom is 0.211 e. The van der Waals surface area contributed by atoms with Gasteiger partial charge in [0, 0.05) is 19.3 Å². The first-order chi connectivity index (χ1) is 11.5. The van der Waals surface area contributed by atoms with Gasteiger partial charge >= 0.3 is 0 Å². The second-order valence-electron chi connectivity index (χ2n) is 5.84. The van der Waals surface area contributed by atoms with Gasteiger partial charge in [-0.15, -0.1) is 5.10 Å². The van der Waals surface area contributed by atoms with E-state index >= 15 is 0 Å². The van der Waals surface area contributed by atoms with Crippen molar-refractivity contribution in [3.05, 3.63) is 30.1 Å². The van der Waals surface area contributed by atoms with Crippen LogP contribution in [-0.2, 0) is 27.7 Å². The van der Waals surface area contributed by atoms with E-state index in [0.29, 0.717) is 31.9 Å². The topological polar surface area (TPSA) is 90.2 Å². The molecule has 0 spiro atoms. The minimum Gasteiger partial charge on any atom is -0.374 e. The number of morpholine rings is 1. The van der Waals surface area contributed by atoms with E-state index in [1.165, 1.54) is 16.1 Å². The van der Waals surface area contributed by atoms with Crippen molar-refractivity contribution in [2.45, 2.75) is 26.0 Å². The van der Waals surface area contributed by atoms with Gasteiger partial charge in [0.1, 0.15) is 5.69 Å². The van der Waals surface area contributed by atoms with Crippen molar-refractivity contribution in [3.8, 4) is 11.4 Å². The second kappa shape index (κ2) is 6.96. The van der Waals surface area contributed by atoms with Crippen molar-refractivity contribution >= 4 is 10.0 Å². The fourth-order valence-corrected chi connectivity index (χ4v) is 3.45. The molecule has 0 aromatic carbocycles. The smallest absolute Gasteiger partial charge is 0.211 e. The van der Waals surface area contributed by atoms with Crippen molar-refractivity contribution < 1.29 is 13.2 Å². The van der Waals surface area contributed by atoms with Crippen molar-refractivity contribution in [2.75, 3.05) is 26.0 Å². The summed E-state index contributed by atoms with van der Waals surface area (Å²) in [6.07, 6.45) is 5.56. The summed E-state index contributed by atoms with van der Waals surface area (Å²) in [5.74, 6) is 0. The summed E-state index contributed by atoms with van der Waals surface area (Å²) >= 11 is 0. The molecule has 130 valence electrons. The fraction of sp³-hybridized carbons (Fsp3) is 0.533. The Bertz CT molecular complexity index is 788. The molecule has 0 saturated carbocycles. The Labute approximate surface area is 141 Å². The maximum absolute atomic E-state index is 11.7. The average Bonchev–Trinajstić information content (AvgIpc) is 3.03. The highest BCUT2D eigenvalue weighted by atomic mass is 32.2. The molecule has 1 aliphatic rings. The highest BCUT2D eigenvalue weighted by molar-refractivity contribution is 7.88. The first-order valence-electron chi connectivity index (χ1n) is 7.88. The van der Waals surface area contributed by atoms with Crippen LogP contribution in [0.25, 0.3) is 11.4 Å². The molecule has 0 N–H and O–H groups in total. The van der Waals surface area contributed by atoms with Crippen LogP contribution in [0.2, 0.25) is 0 Å². The minimum absolute atomic E-state index is 0.238. The number of hydrogen-bond acceptors (Lipinski definition) is 6. The molecule has 1 saturated heterocycles. The number of rotatable bonds is 5. The summed E-state index contributed by atoms with van der Waals surface area (Å²) in [4.78, 5) is 4.39. The Morgan fingerprint density at radius 3 is 2.83 bits per heavy atom. The monoisotopic (exact) mass is 351 g/mol. The van der Waals surface area contributed by atoms with Gasteiger partial charge < -0.3 is 4.74 Å². The van der Waals surface area contributed by atoms with Crippen LogP contribution in [0, 0.1) is 0 Å². The van der Waals surface area contributed by atoms with E-state index in [1.807, 2.05) is 18.3 Å². The zero-order valence-electron chi connectivity index (χ0n) is 13.8. The molecule has 0 unspecified atom stereocenters. The number of aromatic nitrogens is 4. The van der Waals surface area contributed by atoms with Gasteiger partial charge in [0.15, 0.2) is 0 Å². The number of nitrogens with zero attached hydrogens (tertiary/aromatic N) is 5. The molecule has 3 rings (SSSR count). The van der Waals surface area contributed by atoms with E-state index in [4.69, 9.17) is 4.74 Å². The number of hydrogen-bond donors (Lipinski definition) is 0. The Morgan fingerprint density at radius 2 is 2.17 bits per heavy atom. The lowest BCUT2D eigenvalue weighted by Gasteiger charge is -2.30. The molecule has 0 radical (unpaired) electrons. The largest absolute Gasteiger partial charge is 0.374 e. The van der Waals surface area contributed by atoms with Crippen molar-refractivity contribution in [3.63, 3.8) is 0 Å². The molecule has 1 aliphatic heterocycles. The third kappa shape index (κ3) is 3.97. The highest BCUT2D eigenvalue weighted by Crippen LogP contribution is 2.15. The SMILES string of the molecule is CCc1ccc(-c2cn(C[C@H]3CN(S(C)(=O)=O)CCO3)nn2)nc1. The molecule has 2 aromatic heterocycles. The van der Waals surface area contributed by atoms with Crippen molar-refractivity contribution in [2.24, 2.45) is 0 Å². The number of sulfonamides is 1. The van der Waals surface area contributed by atoms with Crippen LogP contribution >= 0.6 is 0 Å². The zero-order valence-corrected chi connectivity index (χ0v) is 14.6. The molecule has 3 heterocycles. The average molecular weight is 351 g/mol. The van der Waals surface area contributed by atoms with Gasteiger partial charge in [-0.25, -0.2) is 13.1 Å². The molecule has 8 nitrogen and oxygen atoms in total. The molecule has 0 aliphatic carbocycles. The molecule has 2 aromatic rings. The third-order valence-electron chi connectivity index (χ3n) is 4.00. The summed E-state index contributed by atoms with van der Waals surface area (Å²) < 4.78 is 32.1. The highest BCUT2D eigenvalue weighted by Gasteiger charge is 2.27. The van der Waals surface area contributed by atoms with Crippen LogP contribution in [0.1, 0.15) is 12.5 Å². The van der Waals surface area contributed by atoms with Gasteiger partial charge in [0.2, 0.25) is 10.0 Å². The standard InChI is InChI=1S/C15H21N5O3S/c1-3-12-4-5-14(16-8-12)15-11-19(18-17-15)9-13-10-20(6-7-23-13)24(2,21)22/h4-5,8,11,13H,3,6-7,9-10H2,1-2H3/t13-/m0/s1. The van der Waals surface area contributed by atoms with Crippen LogP contribution in [0.5, 0.6) is 0 Å². The summed E-state index contributed by atoms with van der Waals surface area (Å²) in [5, 5.41) is 8.23. The van der Waals surface area contributed by atoms with Crippen LogP contribution in [0.4, 0.5) is 0 Å². The lowest BCUT2D eigenvalue weighted by Crippen LogP contribution is -2.46. The van der Waals surface area contributed by atoms with E-state index < -0.39 is 10.0 Å². The van der Waals surface area contributed by atoms with Crippen molar-refractivity contribution in [1.82, 2.24) is 24.3 Å². The van der Waals surface area contributed by atoms with Gasteiger partial charge in [-0.2, -0.15) is 4.31 Å². The molecule has 0 bridgehead atoms. The van der Waals surface area contributed by atoms with Crippen LogP contribution < -0.4 is 0 Å². The van der Waals surface area contributed by atoms with E-state index in [1.54, 1.807) is 10.9 Å². The maximum atomic E-state index is 11.7. The lowest BCUT2D eigenvalue weighted by molar-refractivity contribution is -0.0120. The lowest BCUT2D eigenvalue weighted by atomic mass is 10.2. The predicted octanol–water partition coefficient (Wildman–Crippen LogP) is 0.563. The van der Waals surface area contributed by atoms with Crippen LogP contribution in [0.15, 0.2) is 24.5 Å². The zero-order chi connectivity index (χ0) is 17.2. The van der Waals surface area contributed by atoms with Gasteiger partial charge in [-0.1, -0.05) is 18.2 Å². The summed E-state index contributed by atoms with van der Waals surface area (Å²) in [5.41, 5.74) is 2.62. The van der Waals surface area contributed by atoms with Gasteiger partial charge in [-0.05, 0) is 18.1 Å². The Kier molecular flexibility index (Phi) is 4.93. The molecular formula is C15H21N5O3S. The first kappa shape index (κ1) is 17.0.